The number of urea groups is 1. The van der Waals surface area contributed by atoms with Crippen LogP contribution in [0.5, 0.6) is 11.5 Å². The van der Waals surface area contributed by atoms with Gasteiger partial charge in [-0.2, -0.15) is 0 Å². The van der Waals surface area contributed by atoms with Gasteiger partial charge in [0.2, 0.25) is 0 Å². The molecular formula is C27H30N2O5. The van der Waals surface area contributed by atoms with E-state index in [0.29, 0.717) is 37.6 Å². The summed E-state index contributed by atoms with van der Waals surface area (Å²) in [4.78, 5) is 25.6. The second-order valence-corrected chi connectivity index (χ2v) is 9.18. The Bertz CT molecular complexity index is 1190. The van der Waals surface area contributed by atoms with Crippen LogP contribution in [0.3, 0.4) is 0 Å². The van der Waals surface area contributed by atoms with Crippen molar-refractivity contribution in [2.24, 2.45) is 0 Å². The number of carbonyl (C=O) groups is 2. The standard InChI is InChI=1S/C27H30N2O5/c1-18-14-19-6-4-5-7-20(19)15-21(18)16-29-17-22(28-26(29)32)12-13-33-23-8-10-24(11-9-23)34-27(2,3)25(30)31/h4-11,14-15,22H,12-13,16-17H2,1-3H3,(H,28,32)(H,30,31). The monoisotopic (exact) mass is 462 g/mol. The average Bonchev–Trinajstić information content (AvgIpc) is 3.14. The molecule has 178 valence electrons. The van der Waals surface area contributed by atoms with E-state index in [1.54, 1.807) is 24.3 Å². The molecule has 1 aliphatic rings. The molecule has 2 amide bonds. The van der Waals surface area contributed by atoms with E-state index in [0.717, 1.165) is 5.56 Å². The Kier molecular flexibility index (Phi) is 6.63. The molecule has 7 nitrogen and oxygen atoms in total. The normalized spacial score (nSPS) is 15.9. The third-order valence-electron chi connectivity index (χ3n) is 6.07. The first-order valence-electron chi connectivity index (χ1n) is 11.4. The van der Waals surface area contributed by atoms with Gasteiger partial charge in [-0.05, 0) is 73.0 Å². The summed E-state index contributed by atoms with van der Waals surface area (Å²) in [6, 6.07) is 19.4. The highest BCUT2D eigenvalue weighted by molar-refractivity contribution is 5.84. The summed E-state index contributed by atoms with van der Waals surface area (Å²) in [7, 11) is 0. The highest BCUT2D eigenvalue weighted by Crippen LogP contribution is 2.24. The van der Waals surface area contributed by atoms with E-state index in [2.05, 4.69) is 36.5 Å². The number of carboxylic acid groups (broad SMARTS) is 1. The summed E-state index contributed by atoms with van der Waals surface area (Å²) in [5.74, 6) is 0.0899. The van der Waals surface area contributed by atoms with E-state index < -0.39 is 11.6 Å². The summed E-state index contributed by atoms with van der Waals surface area (Å²) >= 11 is 0. The number of nitrogens with zero attached hydrogens (tertiary/aromatic N) is 1. The van der Waals surface area contributed by atoms with Gasteiger partial charge in [0, 0.05) is 19.5 Å². The lowest BCUT2D eigenvalue weighted by Gasteiger charge is -2.21. The molecular weight excluding hydrogens is 432 g/mol. The molecule has 1 saturated heterocycles. The molecule has 3 aromatic rings. The third kappa shape index (κ3) is 5.42. The Hall–Kier alpha value is -3.74. The zero-order chi connectivity index (χ0) is 24.3. The molecule has 1 heterocycles. The molecule has 3 aromatic carbocycles. The topological polar surface area (TPSA) is 88.1 Å². The molecule has 1 atom stereocenters. The van der Waals surface area contributed by atoms with Crippen LogP contribution < -0.4 is 14.8 Å². The number of nitrogens with one attached hydrogen (secondary N) is 1. The number of ether oxygens (including phenoxy) is 2. The largest absolute Gasteiger partial charge is 0.494 e. The molecule has 1 fully saturated rings. The molecule has 0 aliphatic carbocycles. The van der Waals surface area contributed by atoms with Crippen LogP contribution in [0, 0.1) is 6.92 Å². The number of aliphatic carboxylic acids is 1. The second-order valence-electron chi connectivity index (χ2n) is 9.18. The summed E-state index contributed by atoms with van der Waals surface area (Å²) in [5.41, 5.74) is 1.02. The molecule has 1 aliphatic heterocycles. The molecule has 7 heteroatoms. The van der Waals surface area contributed by atoms with Gasteiger partial charge in [0.1, 0.15) is 11.5 Å². The van der Waals surface area contributed by atoms with E-state index in [1.165, 1.54) is 30.2 Å². The molecule has 4 rings (SSSR count). The number of aryl methyl sites for hydroxylation is 1. The van der Waals surface area contributed by atoms with Crippen molar-refractivity contribution < 1.29 is 24.2 Å². The molecule has 34 heavy (non-hydrogen) atoms. The van der Waals surface area contributed by atoms with Crippen molar-refractivity contribution in [3.8, 4) is 11.5 Å². The molecule has 0 spiro atoms. The van der Waals surface area contributed by atoms with E-state index in [1.807, 2.05) is 17.0 Å². The fourth-order valence-corrected chi connectivity index (χ4v) is 4.00. The molecule has 2 N–H and O–H groups in total. The predicted octanol–water partition coefficient (Wildman–Crippen LogP) is 4.75. The number of hydrogen-bond acceptors (Lipinski definition) is 4. The average molecular weight is 463 g/mol. The van der Waals surface area contributed by atoms with Crippen molar-refractivity contribution in [3.63, 3.8) is 0 Å². The first-order chi connectivity index (χ1) is 16.2. The van der Waals surface area contributed by atoms with E-state index in [9.17, 15) is 9.59 Å². The van der Waals surface area contributed by atoms with Crippen molar-refractivity contribution in [1.29, 1.82) is 0 Å². The predicted molar refractivity (Wildman–Crippen MR) is 130 cm³/mol. The van der Waals surface area contributed by atoms with Crippen molar-refractivity contribution in [2.75, 3.05) is 13.2 Å². The van der Waals surface area contributed by atoms with Crippen molar-refractivity contribution in [3.05, 3.63) is 71.8 Å². The van der Waals surface area contributed by atoms with Crippen LogP contribution in [0.25, 0.3) is 10.8 Å². The van der Waals surface area contributed by atoms with Crippen molar-refractivity contribution >= 4 is 22.8 Å². The Morgan fingerprint density at radius 1 is 1.09 bits per heavy atom. The summed E-state index contributed by atoms with van der Waals surface area (Å²) in [5, 5.41) is 14.6. The van der Waals surface area contributed by atoms with Gasteiger partial charge in [-0.25, -0.2) is 9.59 Å². The third-order valence-corrected chi connectivity index (χ3v) is 6.07. The zero-order valence-corrected chi connectivity index (χ0v) is 19.7. The summed E-state index contributed by atoms with van der Waals surface area (Å²) in [6.07, 6.45) is 0.684. The summed E-state index contributed by atoms with van der Waals surface area (Å²) < 4.78 is 11.3. The van der Waals surface area contributed by atoms with Crippen LogP contribution in [-0.4, -0.2) is 46.8 Å². The maximum Gasteiger partial charge on any atom is 0.347 e. The maximum atomic E-state index is 12.5. The van der Waals surface area contributed by atoms with E-state index in [-0.39, 0.29) is 12.1 Å². The number of carbonyl (C=O) groups excluding carboxylic acids is 1. The Morgan fingerprint density at radius 3 is 2.41 bits per heavy atom. The number of benzene rings is 3. The van der Waals surface area contributed by atoms with Crippen molar-refractivity contribution in [1.82, 2.24) is 10.2 Å². The smallest absolute Gasteiger partial charge is 0.347 e. The highest BCUT2D eigenvalue weighted by atomic mass is 16.5. The minimum Gasteiger partial charge on any atom is -0.494 e. The van der Waals surface area contributed by atoms with Gasteiger partial charge in [0.15, 0.2) is 5.60 Å². The Balaban J connectivity index is 1.27. The number of fused-ring (bicyclic) bond motifs is 1. The molecule has 0 bridgehead atoms. The number of rotatable bonds is 9. The first kappa shape index (κ1) is 23.4. The minimum atomic E-state index is -1.31. The maximum absolute atomic E-state index is 12.5. The molecule has 0 radical (unpaired) electrons. The molecule has 0 saturated carbocycles. The SMILES string of the molecule is Cc1cc2ccccc2cc1CN1CC(CCOc2ccc(OC(C)(C)C(=O)O)cc2)NC1=O. The van der Waals surface area contributed by atoms with Gasteiger partial charge < -0.3 is 24.8 Å². The summed E-state index contributed by atoms with van der Waals surface area (Å²) in [6.45, 7) is 6.74. The lowest BCUT2D eigenvalue weighted by molar-refractivity contribution is -0.152. The number of hydrogen-bond donors (Lipinski definition) is 2. The number of carboxylic acids is 1. The van der Waals surface area contributed by atoms with Crippen LogP contribution in [0.2, 0.25) is 0 Å². The Labute approximate surface area is 199 Å². The number of amides is 2. The fraction of sp³-hybridized carbons (Fsp3) is 0.333. The molecule has 0 aromatic heterocycles. The lowest BCUT2D eigenvalue weighted by atomic mass is 10.0. The van der Waals surface area contributed by atoms with Gasteiger partial charge in [-0.15, -0.1) is 0 Å². The van der Waals surface area contributed by atoms with E-state index in [4.69, 9.17) is 14.6 Å². The van der Waals surface area contributed by atoms with Crippen LogP contribution in [-0.2, 0) is 11.3 Å². The van der Waals surface area contributed by atoms with Crippen LogP contribution >= 0.6 is 0 Å². The van der Waals surface area contributed by atoms with Gasteiger partial charge in [0.25, 0.3) is 0 Å². The Morgan fingerprint density at radius 2 is 1.74 bits per heavy atom. The van der Waals surface area contributed by atoms with Gasteiger partial charge >= 0.3 is 12.0 Å². The van der Waals surface area contributed by atoms with Gasteiger partial charge in [-0.3, -0.25) is 0 Å². The van der Waals surface area contributed by atoms with E-state index >= 15 is 0 Å². The minimum absolute atomic E-state index is 0.0206. The van der Waals surface area contributed by atoms with Gasteiger partial charge in [-0.1, -0.05) is 30.3 Å². The van der Waals surface area contributed by atoms with Crippen LogP contribution in [0.1, 0.15) is 31.4 Å². The molecule has 1 unspecified atom stereocenters. The van der Waals surface area contributed by atoms with Crippen LogP contribution in [0.15, 0.2) is 60.7 Å². The van der Waals surface area contributed by atoms with Gasteiger partial charge in [0.05, 0.1) is 12.6 Å². The fourth-order valence-electron chi connectivity index (χ4n) is 4.00. The lowest BCUT2D eigenvalue weighted by Crippen LogP contribution is -2.37. The quantitative estimate of drug-likeness (QED) is 0.479. The first-order valence-corrected chi connectivity index (χ1v) is 11.4. The second kappa shape index (κ2) is 9.63. The zero-order valence-electron chi connectivity index (χ0n) is 19.7. The highest BCUT2D eigenvalue weighted by Gasteiger charge is 2.30. The van der Waals surface area contributed by atoms with Crippen molar-refractivity contribution in [2.45, 2.75) is 45.4 Å². The van der Waals surface area contributed by atoms with Crippen LogP contribution in [0.4, 0.5) is 4.79 Å².